The fourth-order valence-electron chi connectivity index (χ4n) is 6.88. The molecule has 0 aliphatic carbocycles. The zero-order valence-electron chi connectivity index (χ0n) is 31.6. The first-order valence-electron chi connectivity index (χ1n) is 20.1. The Morgan fingerprint density at radius 1 is 0.288 bits per heavy atom. The van der Waals surface area contributed by atoms with E-state index >= 15 is 0 Å². The number of unbranched alkanes of at least 4 members (excludes halogenated alkanes) is 15. The molecule has 0 heterocycles. The van der Waals surface area contributed by atoms with Gasteiger partial charge in [0.25, 0.3) is 0 Å². The zero-order chi connectivity index (χ0) is 36.4. The molecule has 4 rings (SSSR count). The Morgan fingerprint density at radius 2 is 0.481 bits per heavy atom. The summed E-state index contributed by atoms with van der Waals surface area (Å²) in [6.07, 6.45) is 26.6. The molecule has 0 saturated heterocycles. The highest BCUT2D eigenvalue weighted by Gasteiger charge is 2.20. The normalized spacial score (nSPS) is 11.9. The molecular weight excluding hydrogens is 743 g/mol. The molecule has 0 aromatic heterocycles. The molecule has 0 aliphatic heterocycles. The van der Waals surface area contributed by atoms with Crippen molar-refractivity contribution in [3.8, 4) is 0 Å². The Labute approximate surface area is 337 Å². The van der Waals surface area contributed by atoms with E-state index in [-0.39, 0.29) is 0 Å². The average Bonchev–Trinajstić information content (AvgIpc) is 3.15. The van der Waals surface area contributed by atoms with Crippen molar-refractivity contribution in [3.63, 3.8) is 0 Å². The molecule has 0 unspecified atom stereocenters. The summed E-state index contributed by atoms with van der Waals surface area (Å²) < 4.78 is 0. The van der Waals surface area contributed by atoms with Gasteiger partial charge in [-0.15, -0.1) is 22.8 Å². The molecule has 0 radical (unpaired) electrons. The first kappa shape index (κ1) is 43.6. The minimum atomic E-state index is -1.53. The molecule has 0 spiro atoms. The van der Waals surface area contributed by atoms with Crippen LogP contribution in [-0.2, 0) is 48.3 Å². The largest absolute Gasteiger partial charge is 0.123 e. The maximum atomic E-state index is 6.40. The van der Waals surface area contributed by atoms with E-state index in [0.29, 0.717) is 0 Å². The predicted octanol–water partition coefficient (Wildman–Crippen LogP) is 16.3. The Balaban J connectivity index is 0.943. The van der Waals surface area contributed by atoms with Gasteiger partial charge in [-0.05, 0) is 46.6 Å². The third kappa shape index (κ3) is 19.5. The second kappa shape index (κ2) is 26.6. The third-order valence-electron chi connectivity index (χ3n) is 9.76. The van der Waals surface area contributed by atoms with Crippen molar-refractivity contribution in [3.05, 3.63) is 144 Å². The molecule has 4 aromatic rings. The van der Waals surface area contributed by atoms with Crippen molar-refractivity contribution >= 4 is 56.9 Å². The van der Waals surface area contributed by atoms with Gasteiger partial charge < -0.3 is 0 Å². The van der Waals surface area contributed by atoms with Crippen LogP contribution in [-0.4, -0.2) is 11.5 Å². The molecule has 0 fully saturated rings. The maximum absolute atomic E-state index is 6.40. The van der Waals surface area contributed by atoms with Crippen LogP contribution in [0.2, 0.25) is 0 Å². The quantitative estimate of drug-likeness (QED) is 0.0396. The fourth-order valence-corrected chi connectivity index (χ4v) is 20.7. The van der Waals surface area contributed by atoms with Gasteiger partial charge in [-0.3, -0.25) is 0 Å². The minimum Gasteiger partial charge on any atom is -0.123 e. The lowest BCUT2D eigenvalue weighted by atomic mass is 10.0. The average molecular weight is 807 g/mol. The van der Waals surface area contributed by atoms with E-state index < -0.39 is 10.5 Å². The first-order chi connectivity index (χ1) is 25.5. The molecule has 282 valence electrons. The summed E-state index contributed by atoms with van der Waals surface area (Å²) in [7, 11) is 0. The molecule has 0 N–H and O–H groups in total. The van der Waals surface area contributed by atoms with Crippen LogP contribution in [0.1, 0.15) is 125 Å². The zero-order valence-corrected chi connectivity index (χ0v) is 36.7. The highest BCUT2D eigenvalue weighted by atomic mass is 32.9. The lowest BCUT2D eigenvalue weighted by molar-refractivity contribution is 0.532. The van der Waals surface area contributed by atoms with E-state index in [9.17, 15) is 0 Å². The van der Waals surface area contributed by atoms with Gasteiger partial charge in [-0.25, -0.2) is 0 Å². The van der Waals surface area contributed by atoms with E-state index in [1.807, 2.05) is 0 Å². The molecule has 0 saturated carbocycles. The highest BCUT2D eigenvalue weighted by Crippen LogP contribution is 2.64. The molecule has 0 nitrogen and oxygen atoms in total. The van der Waals surface area contributed by atoms with Gasteiger partial charge in [-0.1, -0.05) is 235 Å². The van der Waals surface area contributed by atoms with Crippen molar-refractivity contribution in [1.29, 1.82) is 0 Å². The van der Waals surface area contributed by atoms with Gasteiger partial charge in [0, 0.05) is 35.1 Å². The number of hydrogen-bond donors (Lipinski definition) is 0. The van der Waals surface area contributed by atoms with Gasteiger partial charge in [0.2, 0.25) is 0 Å². The van der Waals surface area contributed by atoms with Crippen LogP contribution >= 0.6 is 33.2 Å². The SMILES string of the molecule is S=P(Cc1ccccc1)(Cc1ccccc1)SCCCCCCCCCCCCCCCCCCSP(=S)(Cc1ccccc1)Cc1ccccc1. The number of benzene rings is 4. The van der Waals surface area contributed by atoms with Gasteiger partial charge >= 0.3 is 0 Å². The van der Waals surface area contributed by atoms with Crippen LogP contribution in [0.5, 0.6) is 0 Å². The summed E-state index contributed by atoms with van der Waals surface area (Å²) >= 11 is 17.0. The standard InChI is InChI=1S/C46H64P2S4/c49-47(39-43-29-19-15-20-30-43,40-44-31-21-16-22-32-44)51-37-27-13-11-9-7-5-3-1-2-4-6-8-10-12-14-28-38-52-48(50,41-45-33-23-17-24-34-45)42-46-35-25-18-26-36-46/h15-26,29-36H,1-14,27-28,37-42H2. The lowest BCUT2D eigenvalue weighted by Gasteiger charge is -2.22. The smallest absolute Gasteiger partial charge is 0.0149 e. The summed E-state index contributed by atoms with van der Waals surface area (Å²) in [5.74, 6) is 2.44. The molecule has 0 amide bonds. The summed E-state index contributed by atoms with van der Waals surface area (Å²) in [5.41, 5.74) is 5.62. The van der Waals surface area contributed by atoms with Crippen LogP contribution < -0.4 is 0 Å². The van der Waals surface area contributed by atoms with Gasteiger partial charge in [0.05, 0.1) is 0 Å². The topological polar surface area (TPSA) is 0 Å². The van der Waals surface area contributed by atoms with E-state index in [0.717, 1.165) is 24.6 Å². The van der Waals surface area contributed by atoms with Gasteiger partial charge in [0.15, 0.2) is 0 Å². The summed E-state index contributed by atoms with van der Waals surface area (Å²) in [6.45, 7) is 0. The molecule has 6 heteroatoms. The number of rotatable bonds is 29. The van der Waals surface area contributed by atoms with Crippen molar-refractivity contribution < 1.29 is 0 Å². The Kier molecular flexibility index (Phi) is 22.3. The lowest BCUT2D eigenvalue weighted by Crippen LogP contribution is -1.93. The van der Waals surface area contributed by atoms with Crippen molar-refractivity contribution in [2.24, 2.45) is 0 Å². The summed E-state index contributed by atoms with van der Waals surface area (Å²) in [4.78, 5) is 0. The van der Waals surface area contributed by atoms with Crippen LogP contribution in [0.3, 0.4) is 0 Å². The Hall–Kier alpha value is -1.12. The van der Waals surface area contributed by atoms with Crippen LogP contribution in [0.25, 0.3) is 0 Å². The Morgan fingerprint density at radius 3 is 0.692 bits per heavy atom. The van der Waals surface area contributed by atoms with Gasteiger partial charge in [0.1, 0.15) is 0 Å². The molecule has 0 aliphatic rings. The van der Waals surface area contributed by atoms with E-state index in [1.54, 1.807) is 0 Å². The molecule has 52 heavy (non-hydrogen) atoms. The third-order valence-corrected chi connectivity index (χ3v) is 23.9. The minimum absolute atomic E-state index is 1.06. The molecular formula is C46H64P2S4. The van der Waals surface area contributed by atoms with Crippen LogP contribution in [0.15, 0.2) is 121 Å². The summed E-state index contributed by atoms with van der Waals surface area (Å²) in [6, 6.07) is 43.7. The van der Waals surface area contributed by atoms with E-state index in [2.05, 4.69) is 144 Å². The Bertz CT molecular complexity index is 1340. The fraction of sp³-hybridized carbons (Fsp3) is 0.478. The molecule has 0 atom stereocenters. The van der Waals surface area contributed by atoms with Crippen molar-refractivity contribution in [1.82, 2.24) is 0 Å². The summed E-state index contributed by atoms with van der Waals surface area (Å²) in [5, 5.41) is -3.07. The number of hydrogen-bond acceptors (Lipinski definition) is 4. The molecule has 0 bridgehead atoms. The van der Waals surface area contributed by atoms with Crippen molar-refractivity contribution in [2.45, 2.75) is 127 Å². The maximum Gasteiger partial charge on any atom is 0.0149 e. The molecule has 4 aromatic carbocycles. The highest BCUT2D eigenvalue weighted by molar-refractivity contribution is 8.70. The van der Waals surface area contributed by atoms with E-state index in [1.165, 1.54) is 136 Å². The van der Waals surface area contributed by atoms with E-state index in [4.69, 9.17) is 23.6 Å². The second-order valence-electron chi connectivity index (χ2n) is 14.5. The monoisotopic (exact) mass is 806 g/mol. The predicted molar refractivity (Wildman–Crippen MR) is 248 cm³/mol. The van der Waals surface area contributed by atoms with Crippen LogP contribution in [0.4, 0.5) is 0 Å². The first-order valence-corrected chi connectivity index (χ1v) is 29.7. The van der Waals surface area contributed by atoms with Crippen molar-refractivity contribution in [2.75, 3.05) is 11.5 Å². The second-order valence-corrected chi connectivity index (χ2v) is 31.7. The van der Waals surface area contributed by atoms with Gasteiger partial charge in [-0.2, -0.15) is 0 Å². The van der Waals surface area contributed by atoms with Crippen LogP contribution in [0, 0.1) is 0 Å².